The van der Waals surface area contributed by atoms with Gasteiger partial charge in [0.2, 0.25) is 0 Å². The Bertz CT molecular complexity index is 1700. The number of ketones is 1. The molecule has 8 aliphatic carbocycles. The molecule has 8 rings (SSSR count). The Labute approximate surface area is 357 Å². The fourth-order valence-corrected chi connectivity index (χ4v) is 16.4. The predicted octanol–water partition coefficient (Wildman–Crippen LogP) is 7.47. The zero-order valence-electron chi connectivity index (χ0n) is 38.1. The summed E-state index contributed by atoms with van der Waals surface area (Å²) in [6, 6.07) is 0. The molecule has 0 amide bonds. The van der Waals surface area contributed by atoms with E-state index in [4.69, 9.17) is 28.4 Å². The summed E-state index contributed by atoms with van der Waals surface area (Å²) in [6.07, 6.45) is 12.4. The predicted molar refractivity (Wildman–Crippen MR) is 220 cm³/mol. The van der Waals surface area contributed by atoms with Gasteiger partial charge in [-0.15, -0.1) is 0 Å². The highest BCUT2D eigenvalue weighted by Gasteiger charge is 2.71. The molecule has 8 aliphatic rings. The Balaban J connectivity index is 0.000000181. The van der Waals surface area contributed by atoms with Gasteiger partial charge in [-0.25, -0.2) is 0 Å². The minimum absolute atomic E-state index is 0.00900. The standard InChI is InChI=1S/C24H38O6.C24H36O6/c2*1-14(25)29-16-8-11-23(4)19-9-10-22(3)18(6-7-21(22)30-15(2)26)17(19)12-20(27)24(23,13-16)28-5/h16-21,27H,6-13H2,1-5H3;16-19,21H,6-13H2,1-5H3/t16-,17-,18?,19?,20+,21-,22-,23+,24-;16-,17-,18?,19?,21-,22-,23+,24-/m00/s1. The molecule has 8 fully saturated rings. The van der Waals surface area contributed by atoms with Crippen LogP contribution in [0.5, 0.6) is 0 Å². The molecule has 338 valence electrons. The molecule has 0 heterocycles. The van der Waals surface area contributed by atoms with Gasteiger partial charge in [-0.1, -0.05) is 27.7 Å². The average Bonchev–Trinajstić information content (AvgIpc) is 3.67. The lowest BCUT2D eigenvalue weighted by Gasteiger charge is -2.66. The van der Waals surface area contributed by atoms with Crippen LogP contribution < -0.4 is 0 Å². The summed E-state index contributed by atoms with van der Waals surface area (Å²) in [6.45, 7) is 14.9. The molecule has 0 radical (unpaired) electrons. The van der Waals surface area contributed by atoms with E-state index in [2.05, 4.69) is 27.7 Å². The topological polar surface area (TPSA) is 161 Å². The first kappa shape index (κ1) is 45.5. The summed E-state index contributed by atoms with van der Waals surface area (Å²) in [5, 5.41) is 11.5. The number of carbonyl (C=O) groups is 5. The van der Waals surface area contributed by atoms with E-state index in [0.717, 1.165) is 77.0 Å². The van der Waals surface area contributed by atoms with E-state index in [1.54, 1.807) is 14.2 Å². The summed E-state index contributed by atoms with van der Waals surface area (Å²) < 4.78 is 34.7. The summed E-state index contributed by atoms with van der Waals surface area (Å²) >= 11 is 0. The molecule has 12 nitrogen and oxygen atoms in total. The normalized spacial score (nSPS) is 48.9. The lowest BCUT2D eigenvalue weighted by Crippen LogP contribution is -2.69. The van der Waals surface area contributed by atoms with Gasteiger partial charge in [0.15, 0.2) is 5.78 Å². The molecule has 0 spiro atoms. The monoisotopic (exact) mass is 843 g/mol. The third-order valence-corrected chi connectivity index (χ3v) is 19.1. The summed E-state index contributed by atoms with van der Waals surface area (Å²) in [5.74, 6) is 1.57. The highest BCUT2D eigenvalue weighted by atomic mass is 16.6. The van der Waals surface area contributed by atoms with Gasteiger partial charge in [-0.05, 0) is 119 Å². The van der Waals surface area contributed by atoms with Gasteiger partial charge in [-0.2, -0.15) is 0 Å². The number of ether oxygens (including phenoxy) is 6. The van der Waals surface area contributed by atoms with Crippen LogP contribution in [-0.4, -0.2) is 90.7 Å². The number of hydrogen-bond donors (Lipinski definition) is 1. The number of aliphatic hydroxyl groups excluding tert-OH is 1. The van der Waals surface area contributed by atoms with Crippen molar-refractivity contribution in [2.24, 2.45) is 57.2 Å². The van der Waals surface area contributed by atoms with Crippen molar-refractivity contribution in [3.8, 4) is 0 Å². The molecule has 0 bridgehead atoms. The van der Waals surface area contributed by atoms with Crippen LogP contribution in [0.1, 0.15) is 158 Å². The SMILES string of the molecule is CO[C@]12C[C@@H](OC(C)=O)CC[C@]1(C)C1CC[C@@]3(C)C(CC[C@@H]3OC(C)=O)[C@@H]1CC2=O.CO[C@]12C[C@@H](OC(C)=O)CC[C@]1(C)C1CC[C@@]3(C)C(CC[C@@H]3OC(C)=O)[C@@H]1C[C@H]2O. The molecular formula is C48H74O12. The maximum atomic E-state index is 13.7. The highest BCUT2D eigenvalue weighted by Crippen LogP contribution is 2.70. The minimum atomic E-state index is -0.881. The van der Waals surface area contributed by atoms with Crippen molar-refractivity contribution < 1.29 is 57.5 Å². The largest absolute Gasteiger partial charge is 0.462 e. The summed E-state index contributed by atoms with van der Waals surface area (Å²) in [7, 11) is 3.35. The van der Waals surface area contributed by atoms with Gasteiger partial charge in [0, 0.05) is 82.8 Å². The van der Waals surface area contributed by atoms with Crippen molar-refractivity contribution >= 4 is 29.7 Å². The van der Waals surface area contributed by atoms with Crippen LogP contribution in [-0.2, 0) is 52.4 Å². The number of aliphatic hydroxyl groups is 1. The van der Waals surface area contributed by atoms with Crippen molar-refractivity contribution in [3.63, 3.8) is 0 Å². The number of esters is 4. The van der Waals surface area contributed by atoms with E-state index in [-0.39, 0.29) is 75.7 Å². The van der Waals surface area contributed by atoms with E-state index in [9.17, 15) is 29.1 Å². The van der Waals surface area contributed by atoms with Gasteiger partial charge < -0.3 is 33.5 Å². The number of fused-ring (bicyclic) bond motifs is 10. The van der Waals surface area contributed by atoms with Gasteiger partial charge >= 0.3 is 23.9 Å². The Hall–Kier alpha value is -2.57. The van der Waals surface area contributed by atoms with Crippen LogP contribution in [0.4, 0.5) is 0 Å². The number of Topliss-reactive ketones (excluding diaryl/α,β-unsaturated/α-hetero) is 1. The number of rotatable bonds is 6. The molecule has 17 atom stereocenters. The van der Waals surface area contributed by atoms with Crippen LogP contribution in [0.2, 0.25) is 0 Å². The van der Waals surface area contributed by atoms with Crippen molar-refractivity contribution in [3.05, 3.63) is 0 Å². The molecule has 1 N–H and O–H groups in total. The van der Waals surface area contributed by atoms with Crippen LogP contribution >= 0.6 is 0 Å². The first-order valence-electron chi connectivity index (χ1n) is 23.1. The zero-order chi connectivity index (χ0) is 43.8. The molecule has 0 saturated heterocycles. The van der Waals surface area contributed by atoms with Crippen LogP contribution in [0.25, 0.3) is 0 Å². The van der Waals surface area contributed by atoms with Gasteiger partial charge in [-0.3, -0.25) is 24.0 Å². The van der Waals surface area contributed by atoms with E-state index in [1.165, 1.54) is 27.7 Å². The fourth-order valence-electron chi connectivity index (χ4n) is 16.4. The van der Waals surface area contributed by atoms with Crippen molar-refractivity contribution in [2.45, 2.75) is 200 Å². The molecule has 0 aromatic carbocycles. The Kier molecular flexibility index (Phi) is 12.3. The molecule has 0 aromatic heterocycles. The number of methoxy groups -OCH3 is 2. The maximum absolute atomic E-state index is 13.7. The minimum Gasteiger partial charge on any atom is -0.462 e. The molecule has 12 heteroatoms. The lowest BCUT2D eigenvalue weighted by molar-refractivity contribution is -0.277. The second-order valence-electron chi connectivity index (χ2n) is 21.5. The zero-order valence-corrected chi connectivity index (χ0v) is 38.1. The van der Waals surface area contributed by atoms with Crippen LogP contribution in [0.3, 0.4) is 0 Å². The summed E-state index contributed by atoms with van der Waals surface area (Å²) in [4.78, 5) is 60.1. The van der Waals surface area contributed by atoms with E-state index < -0.39 is 17.3 Å². The van der Waals surface area contributed by atoms with Crippen molar-refractivity contribution in [1.29, 1.82) is 0 Å². The Morgan fingerprint density at radius 1 is 0.550 bits per heavy atom. The third kappa shape index (κ3) is 6.98. The maximum Gasteiger partial charge on any atom is 0.302 e. The second-order valence-corrected chi connectivity index (χ2v) is 21.5. The molecule has 0 aliphatic heterocycles. The van der Waals surface area contributed by atoms with Crippen molar-refractivity contribution in [1.82, 2.24) is 0 Å². The van der Waals surface area contributed by atoms with E-state index in [0.29, 0.717) is 61.2 Å². The molecule has 60 heavy (non-hydrogen) atoms. The smallest absolute Gasteiger partial charge is 0.302 e. The average molecular weight is 843 g/mol. The quantitative estimate of drug-likeness (QED) is 0.208. The van der Waals surface area contributed by atoms with Crippen LogP contribution in [0.15, 0.2) is 0 Å². The second kappa shape index (κ2) is 16.2. The fraction of sp³-hybridized carbons (Fsp3) is 0.896. The first-order valence-corrected chi connectivity index (χ1v) is 23.1. The summed E-state index contributed by atoms with van der Waals surface area (Å²) in [5.41, 5.74) is -2.06. The molecule has 4 unspecified atom stereocenters. The van der Waals surface area contributed by atoms with Crippen molar-refractivity contribution in [2.75, 3.05) is 14.2 Å². The van der Waals surface area contributed by atoms with Gasteiger partial charge in [0.1, 0.15) is 35.6 Å². The van der Waals surface area contributed by atoms with E-state index in [1.807, 2.05) is 0 Å². The lowest BCUT2D eigenvalue weighted by atomic mass is 9.42. The number of hydrogen-bond acceptors (Lipinski definition) is 12. The van der Waals surface area contributed by atoms with Crippen LogP contribution in [0, 0.1) is 57.2 Å². The van der Waals surface area contributed by atoms with Gasteiger partial charge in [0.25, 0.3) is 0 Å². The first-order chi connectivity index (χ1) is 28.1. The molecule has 8 saturated carbocycles. The highest BCUT2D eigenvalue weighted by molar-refractivity contribution is 5.90. The third-order valence-electron chi connectivity index (χ3n) is 19.1. The molecular weight excluding hydrogens is 769 g/mol. The Morgan fingerprint density at radius 2 is 1.02 bits per heavy atom. The molecule has 0 aromatic rings. The van der Waals surface area contributed by atoms with E-state index >= 15 is 0 Å². The van der Waals surface area contributed by atoms with Gasteiger partial charge in [0.05, 0.1) is 6.10 Å². The Morgan fingerprint density at radius 3 is 1.50 bits per heavy atom. The number of carbonyl (C=O) groups excluding carboxylic acids is 5.